The number of hydrogen-bond donors (Lipinski definition) is 1. The van der Waals surface area contributed by atoms with Gasteiger partial charge in [0.25, 0.3) is 0 Å². The van der Waals surface area contributed by atoms with E-state index < -0.39 is 12.1 Å². The Kier molecular flexibility index (Phi) is 3.86. The highest BCUT2D eigenvalue weighted by Gasteiger charge is 2.12. The summed E-state index contributed by atoms with van der Waals surface area (Å²) in [5, 5.41) is 10.5. The first-order chi connectivity index (χ1) is 5.07. The summed E-state index contributed by atoms with van der Waals surface area (Å²) in [6, 6.07) is 0. The minimum Gasteiger partial charge on any atom is -0.355 e. The predicted octanol–water partition coefficient (Wildman–Crippen LogP) is 0.647. The molecule has 0 saturated carbocycles. The van der Waals surface area contributed by atoms with Gasteiger partial charge in [-0.25, -0.2) is 19.7 Å². The van der Waals surface area contributed by atoms with Crippen LogP contribution in [0.25, 0.3) is 0 Å². The zero-order valence-electron chi connectivity index (χ0n) is 5.70. The van der Waals surface area contributed by atoms with E-state index in [4.69, 9.17) is 5.26 Å². The van der Waals surface area contributed by atoms with Crippen LogP contribution in [0.15, 0.2) is 12.2 Å². The Labute approximate surface area is 61.8 Å². The zero-order chi connectivity index (χ0) is 8.85. The van der Waals surface area contributed by atoms with Crippen molar-refractivity contribution >= 4 is 12.1 Å². The molecule has 0 spiro atoms. The summed E-state index contributed by atoms with van der Waals surface area (Å²) in [5.41, 5.74) is 0.0277. The summed E-state index contributed by atoms with van der Waals surface area (Å²) in [4.78, 5) is 24.0. The van der Waals surface area contributed by atoms with Crippen molar-refractivity contribution in [2.45, 2.75) is 6.92 Å². The van der Waals surface area contributed by atoms with Gasteiger partial charge in [-0.3, -0.25) is 0 Å². The highest BCUT2D eigenvalue weighted by molar-refractivity contribution is 5.93. The van der Waals surface area contributed by atoms with Crippen molar-refractivity contribution in [1.82, 2.24) is 0 Å². The number of hydrogen-bond acceptors (Lipinski definition) is 6. The third-order valence-corrected chi connectivity index (χ3v) is 0.630. The van der Waals surface area contributed by atoms with E-state index in [2.05, 4.69) is 21.2 Å². The molecule has 0 aliphatic carbocycles. The first-order valence-electron chi connectivity index (χ1n) is 2.47. The van der Waals surface area contributed by atoms with Crippen LogP contribution in [0.3, 0.4) is 0 Å². The van der Waals surface area contributed by atoms with E-state index in [1.54, 1.807) is 0 Å². The van der Waals surface area contributed by atoms with Crippen molar-refractivity contribution in [3.8, 4) is 0 Å². The molecule has 0 bridgehead atoms. The number of esters is 1. The number of carbonyl (C=O) groups excluding carboxylic acids is 2. The second-order valence-corrected chi connectivity index (χ2v) is 1.58. The van der Waals surface area contributed by atoms with Crippen molar-refractivity contribution in [2.24, 2.45) is 0 Å². The van der Waals surface area contributed by atoms with Gasteiger partial charge in [-0.05, 0) is 12.0 Å². The Bertz CT molecular complexity index is 183. The molecule has 62 valence electrons. The van der Waals surface area contributed by atoms with Crippen molar-refractivity contribution < 1.29 is 29.5 Å². The Morgan fingerprint density at radius 3 is 2.36 bits per heavy atom. The maximum absolute atomic E-state index is 10.5. The number of ether oxygens (including phenoxy) is 1. The van der Waals surface area contributed by atoms with Crippen LogP contribution >= 0.6 is 0 Å². The average Bonchev–Trinajstić information content (AvgIpc) is 1.87. The van der Waals surface area contributed by atoms with Gasteiger partial charge in [0, 0.05) is 5.57 Å². The first-order valence-corrected chi connectivity index (χ1v) is 2.47. The lowest BCUT2D eigenvalue weighted by molar-refractivity contribution is -0.460. The minimum atomic E-state index is -1.46. The van der Waals surface area contributed by atoms with Gasteiger partial charge in [-0.2, -0.15) is 0 Å². The molecule has 1 N–H and O–H groups in total. The zero-order valence-corrected chi connectivity index (χ0v) is 5.70. The predicted molar refractivity (Wildman–Crippen MR) is 31.1 cm³/mol. The quantitative estimate of drug-likeness (QED) is 0.211. The molecule has 0 aromatic heterocycles. The highest BCUT2D eigenvalue weighted by atomic mass is 17.5. The normalized spacial score (nSPS) is 8.55. The van der Waals surface area contributed by atoms with Gasteiger partial charge in [0.2, 0.25) is 0 Å². The molecule has 0 saturated heterocycles. The Hall–Kier alpha value is -1.40. The maximum atomic E-state index is 10.5. The molecule has 0 amide bonds. The van der Waals surface area contributed by atoms with Gasteiger partial charge >= 0.3 is 12.1 Å². The monoisotopic (exact) mass is 162 g/mol. The molecule has 6 nitrogen and oxygen atoms in total. The van der Waals surface area contributed by atoms with Crippen LogP contribution in [0.4, 0.5) is 4.79 Å². The maximum Gasteiger partial charge on any atom is 0.550 e. The lowest BCUT2D eigenvalue weighted by atomic mass is 10.4. The molecular weight excluding hydrogens is 156 g/mol. The molecule has 11 heavy (non-hydrogen) atoms. The SMILES string of the molecule is C=C(C)C(=O)OC(=O)OOO. The lowest BCUT2D eigenvalue weighted by Crippen LogP contribution is -2.13. The second-order valence-electron chi connectivity index (χ2n) is 1.58. The van der Waals surface area contributed by atoms with Crippen LogP contribution in [0.1, 0.15) is 6.92 Å². The van der Waals surface area contributed by atoms with Crippen LogP contribution in [-0.4, -0.2) is 17.4 Å². The Morgan fingerprint density at radius 1 is 1.45 bits per heavy atom. The fraction of sp³-hybridized carbons (Fsp3) is 0.200. The molecule has 6 heteroatoms. The molecule has 0 aromatic rings. The molecule has 0 unspecified atom stereocenters. The summed E-state index contributed by atoms with van der Waals surface area (Å²) in [6.07, 6.45) is -1.46. The molecule has 0 aliphatic heterocycles. The molecule has 0 atom stereocenters. The van der Waals surface area contributed by atoms with Gasteiger partial charge in [-0.1, -0.05) is 6.58 Å². The van der Waals surface area contributed by atoms with E-state index in [1.165, 1.54) is 6.92 Å². The van der Waals surface area contributed by atoms with E-state index in [1.807, 2.05) is 0 Å². The largest absolute Gasteiger partial charge is 0.550 e. The standard InChI is InChI=1S/C5H6O6/c1-3(2)4(6)9-5(7)10-11-8/h8H,1H2,2H3. The summed E-state index contributed by atoms with van der Waals surface area (Å²) in [7, 11) is 0. The summed E-state index contributed by atoms with van der Waals surface area (Å²) in [5.74, 6) is -0.952. The minimum absolute atomic E-state index is 0.0277. The van der Waals surface area contributed by atoms with Gasteiger partial charge in [0.1, 0.15) is 0 Å². The second kappa shape index (κ2) is 4.42. The first kappa shape index (κ1) is 9.60. The van der Waals surface area contributed by atoms with E-state index in [0.717, 1.165) is 0 Å². The van der Waals surface area contributed by atoms with E-state index >= 15 is 0 Å². The van der Waals surface area contributed by atoms with Crippen molar-refractivity contribution in [2.75, 3.05) is 0 Å². The molecule has 0 rings (SSSR count). The molecule has 0 radical (unpaired) electrons. The van der Waals surface area contributed by atoms with Crippen molar-refractivity contribution in [1.29, 1.82) is 0 Å². The van der Waals surface area contributed by atoms with Crippen LogP contribution in [0.2, 0.25) is 0 Å². The Morgan fingerprint density at radius 2 is 2.00 bits per heavy atom. The van der Waals surface area contributed by atoms with Crippen LogP contribution in [0.5, 0.6) is 0 Å². The topological polar surface area (TPSA) is 82.1 Å². The van der Waals surface area contributed by atoms with Crippen LogP contribution < -0.4 is 0 Å². The molecule has 0 aliphatic rings. The molecule has 0 aromatic carbocycles. The van der Waals surface area contributed by atoms with Gasteiger partial charge < -0.3 is 4.74 Å². The number of carbonyl (C=O) groups is 2. The summed E-state index contributed by atoms with van der Waals surface area (Å²) >= 11 is 0. The molecule has 0 heterocycles. The van der Waals surface area contributed by atoms with Gasteiger partial charge in [-0.15, -0.1) is 0 Å². The average molecular weight is 162 g/mol. The van der Waals surface area contributed by atoms with Crippen molar-refractivity contribution in [3.05, 3.63) is 12.2 Å². The van der Waals surface area contributed by atoms with Crippen LogP contribution in [0, 0.1) is 0 Å². The lowest BCUT2D eigenvalue weighted by Gasteiger charge is -1.97. The fourth-order valence-corrected chi connectivity index (χ4v) is 0.210. The third-order valence-electron chi connectivity index (χ3n) is 0.630. The molecular formula is C5H6O6. The summed E-state index contributed by atoms with van der Waals surface area (Å²) < 4.78 is 3.87. The highest BCUT2D eigenvalue weighted by Crippen LogP contribution is 1.94. The van der Waals surface area contributed by atoms with E-state index in [9.17, 15) is 9.59 Å². The smallest absolute Gasteiger partial charge is 0.355 e. The van der Waals surface area contributed by atoms with Crippen molar-refractivity contribution in [3.63, 3.8) is 0 Å². The van der Waals surface area contributed by atoms with Gasteiger partial charge in [0.15, 0.2) is 0 Å². The summed E-state index contributed by atoms with van der Waals surface area (Å²) in [6.45, 7) is 4.53. The van der Waals surface area contributed by atoms with E-state index in [-0.39, 0.29) is 5.57 Å². The third kappa shape index (κ3) is 4.06. The van der Waals surface area contributed by atoms with Gasteiger partial charge in [0.05, 0.1) is 0 Å². The van der Waals surface area contributed by atoms with Crippen LogP contribution in [-0.2, 0) is 19.5 Å². The van der Waals surface area contributed by atoms with E-state index in [0.29, 0.717) is 0 Å². The number of rotatable bonds is 2. The molecule has 0 fully saturated rings. The Balaban J connectivity index is 3.76. The fourth-order valence-electron chi connectivity index (χ4n) is 0.210.